The summed E-state index contributed by atoms with van der Waals surface area (Å²) in [5, 5.41) is 8.99. The van der Waals surface area contributed by atoms with Gasteiger partial charge in [0.05, 0.1) is 12.4 Å². The van der Waals surface area contributed by atoms with Gasteiger partial charge in [0, 0.05) is 25.2 Å². The molecular weight excluding hydrogens is 244 g/mol. The highest BCUT2D eigenvalue weighted by atomic mass is 16.4. The molecule has 102 valence electrons. The van der Waals surface area contributed by atoms with Crippen molar-refractivity contribution in [1.29, 1.82) is 0 Å². The Bertz CT molecular complexity index is 493. The maximum Gasteiger partial charge on any atom is 0.356 e. The molecule has 2 fully saturated rings. The van der Waals surface area contributed by atoms with E-state index in [0.29, 0.717) is 17.9 Å². The van der Waals surface area contributed by atoms with Crippen molar-refractivity contribution in [3.8, 4) is 0 Å². The minimum atomic E-state index is -1.03. The van der Waals surface area contributed by atoms with Gasteiger partial charge in [-0.25, -0.2) is 9.78 Å². The second-order valence-corrected chi connectivity index (χ2v) is 5.36. The molecule has 0 spiro atoms. The van der Waals surface area contributed by atoms with E-state index in [1.165, 1.54) is 25.6 Å². The average molecular weight is 262 g/mol. The van der Waals surface area contributed by atoms with Crippen LogP contribution in [0.15, 0.2) is 12.4 Å². The maximum atomic E-state index is 11.0. The predicted octanol–water partition coefficient (Wildman–Crippen LogP) is 0.848. The highest BCUT2D eigenvalue weighted by Gasteiger charge is 2.35. The number of rotatable bonds is 2. The van der Waals surface area contributed by atoms with Crippen molar-refractivity contribution >= 4 is 11.8 Å². The first kappa shape index (κ1) is 12.3. The maximum absolute atomic E-state index is 11.0. The normalized spacial score (nSPS) is 27.3. The fraction of sp³-hybridized carbons (Fsp3) is 0.615. The van der Waals surface area contributed by atoms with Gasteiger partial charge in [-0.05, 0) is 26.3 Å². The van der Waals surface area contributed by atoms with E-state index in [-0.39, 0.29) is 5.69 Å². The molecule has 1 N–H and O–H groups in total. The molecule has 1 aromatic rings. The zero-order valence-electron chi connectivity index (χ0n) is 11.0. The van der Waals surface area contributed by atoms with Crippen molar-refractivity contribution in [3.63, 3.8) is 0 Å². The van der Waals surface area contributed by atoms with Crippen LogP contribution in [0.1, 0.15) is 30.3 Å². The zero-order chi connectivity index (χ0) is 13.4. The summed E-state index contributed by atoms with van der Waals surface area (Å²) in [6.07, 6.45) is 5.43. The Balaban J connectivity index is 1.84. The molecule has 0 aromatic carbocycles. The third-order valence-electron chi connectivity index (χ3n) is 4.07. The van der Waals surface area contributed by atoms with E-state index in [1.807, 2.05) is 0 Å². The number of piperazine rings is 1. The van der Waals surface area contributed by atoms with E-state index in [1.54, 1.807) is 6.20 Å². The average Bonchev–Trinajstić information content (AvgIpc) is 2.85. The van der Waals surface area contributed by atoms with Crippen molar-refractivity contribution in [1.82, 2.24) is 14.9 Å². The molecule has 2 aliphatic rings. The highest BCUT2D eigenvalue weighted by Crippen LogP contribution is 2.27. The summed E-state index contributed by atoms with van der Waals surface area (Å²) in [7, 11) is 0. The lowest BCUT2D eigenvalue weighted by molar-refractivity contribution is 0.0690. The van der Waals surface area contributed by atoms with Gasteiger partial charge in [0.1, 0.15) is 5.82 Å². The van der Waals surface area contributed by atoms with Crippen LogP contribution in [0.3, 0.4) is 0 Å². The van der Waals surface area contributed by atoms with Gasteiger partial charge in [-0.1, -0.05) is 0 Å². The Labute approximate surface area is 112 Å². The van der Waals surface area contributed by atoms with E-state index in [4.69, 9.17) is 5.11 Å². The molecule has 1 aromatic heterocycles. The lowest BCUT2D eigenvalue weighted by atomic mass is 10.1. The van der Waals surface area contributed by atoms with Crippen LogP contribution in [-0.2, 0) is 0 Å². The third-order valence-corrected chi connectivity index (χ3v) is 4.07. The predicted molar refractivity (Wildman–Crippen MR) is 70.4 cm³/mol. The highest BCUT2D eigenvalue weighted by molar-refractivity contribution is 5.85. The molecule has 6 heteroatoms. The molecule has 0 saturated carbocycles. The minimum Gasteiger partial charge on any atom is -0.476 e. The monoisotopic (exact) mass is 262 g/mol. The van der Waals surface area contributed by atoms with Crippen LogP contribution in [-0.4, -0.2) is 57.7 Å². The fourth-order valence-corrected chi connectivity index (χ4v) is 3.10. The van der Waals surface area contributed by atoms with Crippen LogP contribution in [0.5, 0.6) is 0 Å². The SMILES string of the molecule is CC1CN2CCCC2CN1c1cncc(C(=O)O)n1. The molecule has 2 saturated heterocycles. The molecular formula is C13H18N4O2. The Morgan fingerprint density at radius 1 is 1.42 bits per heavy atom. The number of hydrogen-bond acceptors (Lipinski definition) is 5. The summed E-state index contributed by atoms with van der Waals surface area (Å²) in [6.45, 7) is 5.27. The van der Waals surface area contributed by atoms with E-state index in [2.05, 4.69) is 26.7 Å². The van der Waals surface area contributed by atoms with Crippen molar-refractivity contribution in [2.45, 2.75) is 31.8 Å². The number of aromatic nitrogens is 2. The van der Waals surface area contributed by atoms with Crippen LogP contribution in [0.25, 0.3) is 0 Å². The number of hydrogen-bond donors (Lipinski definition) is 1. The number of aromatic carboxylic acids is 1. The fourth-order valence-electron chi connectivity index (χ4n) is 3.10. The van der Waals surface area contributed by atoms with Gasteiger partial charge in [0.2, 0.25) is 0 Å². The summed E-state index contributed by atoms with van der Waals surface area (Å²) < 4.78 is 0. The smallest absolute Gasteiger partial charge is 0.356 e. The van der Waals surface area contributed by atoms with E-state index in [9.17, 15) is 4.79 Å². The Morgan fingerprint density at radius 2 is 2.26 bits per heavy atom. The van der Waals surface area contributed by atoms with Gasteiger partial charge < -0.3 is 10.0 Å². The molecule has 3 rings (SSSR count). The number of carboxylic acid groups (broad SMARTS) is 1. The molecule has 19 heavy (non-hydrogen) atoms. The number of fused-ring (bicyclic) bond motifs is 1. The van der Waals surface area contributed by atoms with Crippen LogP contribution in [0, 0.1) is 0 Å². The summed E-state index contributed by atoms with van der Waals surface area (Å²) in [4.78, 5) is 23.9. The van der Waals surface area contributed by atoms with E-state index >= 15 is 0 Å². The van der Waals surface area contributed by atoms with E-state index < -0.39 is 5.97 Å². The van der Waals surface area contributed by atoms with Crippen molar-refractivity contribution in [2.75, 3.05) is 24.5 Å². The molecule has 0 radical (unpaired) electrons. The second kappa shape index (κ2) is 4.77. The van der Waals surface area contributed by atoms with Gasteiger partial charge >= 0.3 is 5.97 Å². The molecule has 2 aliphatic heterocycles. The molecule has 6 nitrogen and oxygen atoms in total. The topological polar surface area (TPSA) is 69.6 Å². The van der Waals surface area contributed by atoms with Crippen molar-refractivity contribution in [2.24, 2.45) is 0 Å². The summed E-state index contributed by atoms with van der Waals surface area (Å²) in [5.74, 6) is -0.347. The first-order valence-corrected chi connectivity index (χ1v) is 6.71. The zero-order valence-corrected chi connectivity index (χ0v) is 11.0. The van der Waals surface area contributed by atoms with Crippen LogP contribution < -0.4 is 4.90 Å². The Morgan fingerprint density at radius 3 is 3.05 bits per heavy atom. The molecule has 0 aliphatic carbocycles. The molecule has 2 atom stereocenters. The largest absolute Gasteiger partial charge is 0.476 e. The summed E-state index contributed by atoms with van der Waals surface area (Å²) >= 11 is 0. The van der Waals surface area contributed by atoms with Crippen molar-refractivity contribution < 1.29 is 9.90 Å². The quantitative estimate of drug-likeness (QED) is 0.852. The summed E-state index contributed by atoms with van der Waals surface area (Å²) in [5.41, 5.74) is 0.0125. The van der Waals surface area contributed by atoms with Gasteiger partial charge in [0.25, 0.3) is 0 Å². The minimum absolute atomic E-state index is 0.0125. The molecule has 0 bridgehead atoms. The molecule has 3 heterocycles. The number of carboxylic acids is 1. The first-order valence-electron chi connectivity index (χ1n) is 6.71. The number of nitrogens with zero attached hydrogens (tertiary/aromatic N) is 4. The van der Waals surface area contributed by atoms with Gasteiger partial charge in [-0.15, -0.1) is 0 Å². The molecule has 0 amide bonds. The first-order chi connectivity index (χ1) is 9.15. The number of carbonyl (C=O) groups is 1. The summed E-state index contributed by atoms with van der Waals surface area (Å²) in [6, 6.07) is 0.916. The Kier molecular flexibility index (Phi) is 3.10. The Hall–Kier alpha value is -1.69. The second-order valence-electron chi connectivity index (χ2n) is 5.36. The van der Waals surface area contributed by atoms with Crippen molar-refractivity contribution in [3.05, 3.63) is 18.1 Å². The van der Waals surface area contributed by atoms with Crippen LogP contribution >= 0.6 is 0 Å². The van der Waals surface area contributed by atoms with Crippen LogP contribution in [0.4, 0.5) is 5.82 Å². The third kappa shape index (κ3) is 2.28. The lowest BCUT2D eigenvalue weighted by Gasteiger charge is -2.42. The lowest BCUT2D eigenvalue weighted by Crippen LogP contribution is -2.55. The van der Waals surface area contributed by atoms with Crippen LogP contribution in [0.2, 0.25) is 0 Å². The number of anilines is 1. The van der Waals surface area contributed by atoms with Gasteiger partial charge in [0.15, 0.2) is 5.69 Å². The molecule has 2 unspecified atom stereocenters. The van der Waals surface area contributed by atoms with Gasteiger partial charge in [-0.3, -0.25) is 9.88 Å². The standard InChI is InChI=1S/C13H18N4O2/c1-9-7-16-4-2-3-10(16)8-17(9)12-6-14-5-11(15-12)13(18)19/h5-6,9-10H,2-4,7-8H2,1H3,(H,18,19). The van der Waals surface area contributed by atoms with E-state index in [0.717, 1.165) is 13.1 Å². The van der Waals surface area contributed by atoms with Gasteiger partial charge in [-0.2, -0.15) is 0 Å².